The second kappa shape index (κ2) is 5.79. The maximum Gasteiger partial charge on any atom is 0.337 e. The molecular formula is C13H15N3O2S. The third-order valence-corrected chi connectivity index (χ3v) is 3.65. The summed E-state index contributed by atoms with van der Waals surface area (Å²) in [6.07, 6.45) is 0.833. The van der Waals surface area contributed by atoms with E-state index in [0.29, 0.717) is 11.5 Å². The van der Waals surface area contributed by atoms with Gasteiger partial charge in [0.2, 0.25) is 0 Å². The molecule has 0 aromatic carbocycles. The smallest absolute Gasteiger partial charge is 0.337 e. The van der Waals surface area contributed by atoms with Gasteiger partial charge in [-0.05, 0) is 26.0 Å². The van der Waals surface area contributed by atoms with Gasteiger partial charge in [0.25, 0.3) is 0 Å². The van der Waals surface area contributed by atoms with Gasteiger partial charge in [0.15, 0.2) is 0 Å². The minimum absolute atomic E-state index is 0.237. The molecule has 0 amide bonds. The van der Waals surface area contributed by atoms with Crippen molar-refractivity contribution in [3.63, 3.8) is 0 Å². The molecule has 2 heterocycles. The number of aryl methyl sites for hydroxylation is 2. The molecule has 0 bridgehead atoms. The first-order valence-corrected chi connectivity index (χ1v) is 6.80. The van der Waals surface area contributed by atoms with Crippen molar-refractivity contribution >= 4 is 23.1 Å². The zero-order valence-corrected chi connectivity index (χ0v) is 11.6. The fourth-order valence-corrected chi connectivity index (χ4v) is 2.48. The fourth-order valence-electron chi connectivity index (χ4n) is 1.70. The predicted octanol–water partition coefficient (Wildman–Crippen LogP) is 2.51. The summed E-state index contributed by atoms with van der Waals surface area (Å²) < 4.78 is 0. The maximum absolute atomic E-state index is 10.9. The molecule has 19 heavy (non-hydrogen) atoms. The van der Waals surface area contributed by atoms with Crippen LogP contribution in [0.25, 0.3) is 0 Å². The van der Waals surface area contributed by atoms with Crippen LogP contribution in [0.5, 0.6) is 0 Å². The molecule has 0 aliphatic carbocycles. The average Bonchev–Trinajstić information content (AvgIpc) is 2.75. The number of carboxylic acids is 1. The Hall–Kier alpha value is -1.95. The first kappa shape index (κ1) is 13.5. The van der Waals surface area contributed by atoms with Crippen LogP contribution in [0.3, 0.4) is 0 Å². The number of hydrogen-bond acceptors (Lipinski definition) is 5. The van der Waals surface area contributed by atoms with E-state index < -0.39 is 5.97 Å². The van der Waals surface area contributed by atoms with Gasteiger partial charge in [-0.2, -0.15) is 0 Å². The summed E-state index contributed by atoms with van der Waals surface area (Å²) in [6, 6.07) is 3.25. The standard InChI is InChI=1S/C13H15N3O2S/c1-8-7-19-12(15-8)5-6-14-11-4-3-10(13(17)18)9(2)16-11/h3-4,7H,5-6H2,1-2H3,(H,14,16)(H,17,18). The Bertz CT molecular complexity index is 595. The highest BCUT2D eigenvalue weighted by atomic mass is 32.1. The number of aromatic carboxylic acids is 1. The molecule has 2 aromatic rings. The maximum atomic E-state index is 10.9. The molecule has 100 valence electrons. The Morgan fingerprint density at radius 2 is 2.16 bits per heavy atom. The van der Waals surface area contributed by atoms with E-state index in [2.05, 4.69) is 15.3 Å². The minimum atomic E-state index is -0.949. The van der Waals surface area contributed by atoms with Gasteiger partial charge in [-0.1, -0.05) is 0 Å². The van der Waals surface area contributed by atoms with Crippen molar-refractivity contribution in [2.24, 2.45) is 0 Å². The Morgan fingerprint density at radius 1 is 1.37 bits per heavy atom. The van der Waals surface area contributed by atoms with Crippen LogP contribution >= 0.6 is 11.3 Å². The second-order valence-electron chi connectivity index (χ2n) is 4.19. The SMILES string of the molecule is Cc1csc(CCNc2ccc(C(=O)O)c(C)n2)n1. The Balaban J connectivity index is 1.93. The summed E-state index contributed by atoms with van der Waals surface area (Å²) in [5.74, 6) is -0.259. The third kappa shape index (κ3) is 3.51. The summed E-state index contributed by atoms with van der Waals surface area (Å²) in [7, 11) is 0. The van der Waals surface area contributed by atoms with E-state index in [1.165, 1.54) is 0 Å². The molecule has 0 unspecified atom stereocenters. The van der Waals surface area contributed by atoms with E-state index >= 15 is 0 Å². The van der Waals surface area contributed by atoms with E-state index in [1.54, 1.807) is 30.4 Å². The van der Waals surface area contributed by atoms with Crippen LogP contribution in [0.1, 0.15) is 26.8 Å². The molecule has 2 rings (SSSR count). The van der Waals surface area contributed by atoms with Gasteiger partial charge in [-0.15, -0.1) is 11.3 Å². The van der Waals surface area contributed by atoms with Crippen LogP contribution in [0.2, 0.25) is 0 Å². The summed E-state index contributed by atoms with van der Waals surface area (Å²) in [6.45, 7) is 4.40. The van der Waals surface area contributed by atoms with Crippen LogP contribution in [0.4, 0.5) is 5.82 Å². The van der Waals surface area contributed by atoms with Gasteiger partial charge in [-0.25, -0.2) is 14.8 Å². The summed E-state index contributed by atoms with van der Waals surface area (Å²) in [5, 5.41) is 15.2. The van der Waals surface area contributed by atoms with Crippen molar-refractivity contribution in [3.05, 3.63) is 39.5 Å². The third-order valence-electron chi connectivity index (χ3n) is 2.63. The topological polar surface area (TPSA) is 75.1 Å². The van der Waals surface area contributed by atoms with Crippen molar-refractivity contribution in [2.75, 3.05) is 11.9 Å². The largest absolute Gasteiger partial charge is 0.478 e. The fraction of sp³-hybridized carbons (Fsp3) is 0.308. The Kier molecular flexibility index (Phi) is 4.11. The zero-order chi connectivity index (χ0) is 13.8. The number of anilines is 1. The number of carbonyl (C=O) groups is 1. The molecule has 0 aliphatic heterocycles. The Morgan fingerprint density at radius 3 is 2.74 bits per heavy atom. The molecule has 0 saturated carbocycles. The molecule has 0 radical (unpaired) electrons. The number of thiazole rings is 1. The molecule has 0 spiro atoms. The van der Waals surface area contributed by atoms with Crippen LogP contribution < -0.4 is 5.32 Å². The summed E-state index contributed by atoms with van der Waals surface area (Å²) in [4.78, 5) is 19.5. The van der Waals surface area contributed by atoms with Crippen LogP contribution in [0.15, 0.2) is 17.5 Å². The summed E-state index contributed by atoms with van der Waals surface area (Å²) in [5.41, 5.74) is 1.79. The molecule has 5 nitrogen and oxygen atoms in total. The molecule has 0 aliphatic rings. The number of rotatable bonds is 5. The monoisotopic (exact) mass is 277 g/mol. The highest BCUT2D eigenvalue weighted by Crippen LogP contribution is 2.12. The first-order chi connectivity index (χ1) is 9.06. The number of pyridine rings is 1. The van der Waals surface area contributed by atoms with Gasteiger partial charge < -0.3 is 10.4 Å². The van der Waals surface area contributed by atoms with Crippen LogP contribution in [-0.2, 0) is 6.42 Å². The lowest BCUT2D eigenvalue weighted by atomic mass is 10.2. The van der Waals surface area contributed by atoms with E-state index in [9.17, 15) is 4.79 Å². The van der Waals surface area contributed by atoms with Gasteiger partial charge in [0, 0.05) is 24.0 Å². The number of carboxylic acid groups (broad SMARTS) is 1. The predicted molar refractivity (Wildman–Crippen MR) is 75.0 cm³/mol. The molecule has 6 heteroatoms. The Labute approximate surface area is 115 Å². The van der Waals surface area contributed by atoms with Crippen molar-refractivity contribution in [2.45, 2.75) is 20.3 Å². The van der Waals surface area contributed by atoms with Crippen LogP contribution in [0, 0.1) is 13.8 Å². The number of nitrogens with zero attached hydrogens (tertiary/aromatic N) is 2. The van der Waals surface area contributed by atoms with Crippen LogP contribution in [-0.4, -0.2) is 27.6 Å². The summed E-state index contributed by atoms with van der Waals surface area (Å²) >= 11 is 1.64. The van der Waals surface area contributed by atoms with E-state index in [0.717, 1.165) is 23.7 Å². The van der Waals surface area contributed by atoms with Gasteiger partial charge in [0.1, 0.15) is 5.82 Å². The normalized spacial score (nSPS) is 10.4. The quantitative estimate of drug-likeness (QED) is 0.878. The molecule has 2 N–H and O–H groups in total. The van der Waals surface area contributed by atoms with E-state index in [4.69, 9.17) is 5.11 Å². The van der Waals surface area contributed by atoms with Gasteiger partial charge in [0.05, 0.1) is 16.3 Å². The highest BCUT2D eigenvalue weighted by molar-refractivity contribution is 7.09. The minimum Gasteiger partial charge on any atom is -0.478 e. The highest BCUT2D eigenvalue weighted by Gasteiger charge is 2.08. The number of aromatic nitrogens is 2. The molecule has 0 fully saturated rings. The van der Waals surface area contributed by atoms with E-state index in [1.807, 2.05) is 12.3 Å². The molecule has 0 saturated heterocycles. The van der Waals surface area contributed by atoms with Crippen molar-refractivity contribution < 1.29 is 9.90 Å². The molecule has 0 atom stereocenters. The van der Waals surface area contributed by atoms with E-state index in [-0.39, 0.29) is 5.56 Å². The van der Waals surface area contributed by atoms with Crippen molar-refractivity contribution in [1.29, 1.82) is 0 Å². The second-order valence-corrected chi connectivity index (χ2v) is 5.14. The molecule has 2 aromatic heterocycles. The van der Waals surface area contributed by atoms with Gasteiger partial charge >= 0.3 is 5.97 Å². The lowest BCUT2D eigenvalue weighted by Gasteiger charge is -2.06. The lowest BCUT2D eigenvalue weighted by molar-refractivity contribution is 0.0695. The average molecular weight is 277 g/mol. The zero-order valence-electron chi connectivity index (χ0n) is 10.8. The van der Waals surface area contributed by atoms with Crippen molar-refractivity contribution in [3.8, 4) is 0 Å². The number of nitrogens with one attached hydrogen (secondary N) is 1. The van der Waals surface area contributed by atoms with Crippen molar-refractivity contribution in [1.82, 2.24) is 9.97 Å². The molecular weight excluding hydrogens is 262 g/mol. The lowest BCUT2D eigenvalue weighted by Crippen LogP contribution is -2.08. The first-order valence-electron chi connectivity index (χ1n) is 5.92. The number of hydrogen-bond donors (Lipinski definition) is 2. The van der Waals surface area contributed by atoms with Gasteiger partial charge in [-0.3, -0.25) is 0 Å².